The molecule has 1 aliphatic carbocycles. The lowest BCUT2D eigenvalue weighted by Crippen LogP contribution is -2.66. The summed E-state index contributed by atoms with van der Waals surface area (Å²) in [5, 5.41) is 2.65. The minimum absolute atomic E-state index is 0.00794. The molecule has 0 spiro atoms. The molecule has 3 nitrogen and oxygen atoms in total. The Kier molecular flexibility index (Phi) is 7.53. The second kappa shape index (κ2) is 9.90. The SMILES string of the molecule is C[C@@H]1[C@H](C=C[C@@H](C)CO[Si](c2ccccc2)(c2ccccc2)C(C)(C)C)[C@H]1B1OC(C)(C)C(C)(C)O1. The second-order valence-corrected chi connectivity index (χ2v) is 17.3. The zero-order chi connectivity index (χ0) is 26.4. The van der Waals surface area contributed by atoms with Crippen LogP contribution in [-0.4, -0.2) is 33.2 Å². The Morgan fingerprint density at radius 2 is 1.39 bits per heavy atom. The molecule has 0 unspecified atom stereocenters. The second-order valence-electron chi connectivity index (χ2n) is 13.0. The normalized spacial score (nSPS) is 26.4. The molecule has 1 saturated heterocycles. The van der Waals surface area contributed by atoms with E-state index < -0.39 is 8.32 Å². The van der Waals surface area contributed by atoms with Crippen molar-refractivity contribution in [2.75, 3.05) is 6.61 Å². The fourth-order valence-corrected chi connectivity index (χ4v) is 10.4. The van der Waals surface area contributed by atoms with Crippen LogP contribution in [0.15, 0.2) is 72.8 Å². The van der Waals surface area contributed by atoms with Gasteiger partial charge in [-0.25, -0.2) is 0 Å². The first-order valence-corrected chi connectivity index (χ1v) is 15.5. The van der Waals surface area contributed by atoms with E-state index >= 15 is 0 Å². The summed E-state index contributed by atoms with van der Waals surface area (Å²) in [5.74, 6) is 1.81. The first-order chi connectivity index (χ1) is 16.8. The van der Waals surface area contributed by atoms with Gasteiger partial charge in [0.1, 0.15) is 0 Å². The molecule has 1 aliphatic heterocycles. The smallest absolute Gasteiger partial charge is 0.407 e. The molecule has 2 aliphatic rings. The van der Waals surface area contributed by atoms with E-state index in [0.29, 0.717) is 30.2 Å². The minimum Gasteiger partial charge on any atom is -0.407 e. The van der Waals surface area contributed by atoms with E-state index in [1.54, 1.807) is 0 Å². The van der Waals surface area contributed by atoms with E-state index in [1.807, 2.05) is 0 Å². The van der Waals surface area contributed by atoms with Gasteiger partial charge in [-0.15, -0.1) is 0 Å². The van der Waals surface area contributed by atoms with Crippen molar-refractivity contribution in [1.29, 1.82) is 0 Å². The topological polar surface area (TPSA) is 27.7 Å². The van der Waals surface area contributed by atoms with Crippen LogP contribution < -0.4 is 10.4 Å². The summed E-state index contributed by atoms with van der Waals surface area (Å²) in [5.41, 5.74) is -0.545. The van der Waals surface area contributed by atoms with E-state index in [9.17, 15) is 0 Å². The zero-order valence-electron chi connectivity index (χ0n) is 23.7. The maximum Gasteiger partial charge on any atom is 0.462 e. The van der Waals surface area contributed by atoms with Gasteiger partial charge in [0.15, 0.2) is 0 Å². The van der Waals surface area contributed by atoms with Crippen LogP contribution in [0.2, 0.25) is 10.9 Å². The van der Waals surface area contributed by atoms with Gasteiger partial charge in [0.25, 0.3) is 8.32 Å². The summed E-state index contributed by atoms with van der Waals surface area (Å²) in [6.45, 7) is 20.8. The van der Waals surface area contributed by atoms with Crippen molar-refractivity contribution < 1.29 is 13.7 Å². The lowest BCUT2D eigenvalue weighted by molar-refractivity contribution is 0.00578. The Balaban J connectivity index is 1.49. The Labute approximate surface area is 220 Å². The molecule has 2 fully saturated rings. The summed E-state index contributed by atoms with van der Waals surface area (Å²) in [7, 11) is -2.63. The number of rotatable bonds is 8. The maximum absolute atomic E-state index is 7.13. The third kappa shape index (κ3) is 5.05. The minimum atomic E-state index is -2.51. The number of hydrogen-bond donors (Lipinski definition) is 0. The Morgan fingerprint density at radius 1 is 0.917 bits per heavy atom. The van der Waals surface area contributed by atoms with Gasteiger partial charge in [-0.2, -0.15) is 0 Å². The van der Waals surface area contributed by atoms with Crippen LogP contribution in [0.4, 0.5) is 0 Å². The van der Waals surface area contributed by atoms with Crippen molar-refractivity contribution in [3.05, 3.63) is 72.8 Å². The van der Waals surface area contributed by atoms with E-state index in [4.69, 9.17) is 13.7 Å². The van der Waals surface area contributed by atoms with E-state index in [0.717, 1.165) is 0 Å². The fraction of sp³-hybridized carbons (Fsp3) is 0.548. The van der Waals surface area contributed by atoms with Crippen molar-refractivity contribution in [3.63, 3.8) is 0 Å². The Bertz CT molecular complexity index is 989. The summed E-state index contributed by atoms with van der Waals surface area (Å²) in [4.78, 5) is 0. The van der Waals surface area contributed by atoms with E-state index in [1.165, 1.54) is 10.4 Å². The number of benzene rings is 2. The molecule has 4 rings (SSSR count). The molecule has 194 valence electrons. The van der Waals surface area contributed by atoms with Gasteiger partial charge in [0.05, 0.1) is 11.2 Å². The average Bonchev–Trinajstić information content (AvgIpc) is 3.40. The largest absolute Gasteiger partial charge is 0.462 e. The van der Waals surface area contributed by atoms with Crippen LogP contribution >= 0.6 is 0 Å². The molecule has 1 saturated carbocycles. The quantitative estimate of drug-likeness (QED) is 0.304. The van der Waals surface area contributed by atoms with Crippen LogP contribution in [0.25, 0.3) is 0 Å². The van der Waals surface area contributed by atoms with Crippen LogP contribution in [0.3, 0.4) is 0 Å². The van der Waals surface area contributed by atoms with Gasteiger partial charge < -0.3 is 13.7 Å². The molecule has 0 radical (unpaired) electrons. The first kappa shape index (κ1) is 27.4. The van der Waals surface area contributed by atoms with Gasteiger partial charge in [-0.1, -0.05) is 107 Å². The van der Waals surface area contributed by atoms with Crippen LogP contribution in [-0.2, 0) is 13.7 Å². The summed E-state index contributed by atoms with van der Waals surface area (Å²) >= 11 is 0. The molecule has 2 aromatic rings. The number of allylic oxidation sites excluding steroid dienone is 1. The highest BCUT2D eigenvalue weighted by atomic mass is 28.4. The molecule has 0 N–H and O–H groups in total. The van der Waals surface area contributed by atoms with E-state index in [-0.39, 0.29) is 23.4 Å². The van der Waals surface area contributed by atoms with Crippen LogP contribution in [0, 0.1) is 17.8 Å². The fourth-order valence-electron chi connectivity index (χ4n) is 5.70. The predicted octanol–water partition coefficient (Wildman–Crippen LogP) is 6.48. The van der Waals surface area contributed by atoms with Crippen molar-refractivity contribution >= 4 is 25.8 Å². The van der Waals surface area contributed by atoms with Gasteiger partial charge >= 0.3 is 7.12 Å². The summed E-state index contributed by atoms with van der Waals surface area (Å²) in [6.07, 6.45) is 4.74. The van der Waals surface area contributed by atoms with Crippen LogP contribution in [0.1, 0.15) is 62.3 Å². The van der Waals surface area contributed by atoms with Gasteiger partial charge in [-0.3, -0.25) is 0 Å². The monoisotopic (exact) mass is 504 g/mol. The molecule has 0 aromatic heterocycles. The number of hydrogen-bond acceptors (Lipinski definition) is 3. The maximum atomic E-state index is 7.13. The third-order valence-corrected chi connectivity index (χ3v) is 13.7. The highest BCUT2D eigenvalue weighted by molar-refractivity contribution is 6.99. The Morgan fingerprint density at radius 3 is 1.83 bits per heavy atom. The Hall–Kier alpha value is -1.66. The molecule has 0 amide bonds. The third-order valence-electron chi connectivity index (χ3n) is 8.74. The van der Waals surface area contributed by atoms with Gasteiger partial charge in [0, 0.05) is 12.4 Å². The molecular weight excluding hydrogens is 459 g/mol. The molecule has 4 atom stereocenters. The summed E-state index contributed by atoms with van der Waals surface area (Å²) < 4.78 is 19.8. The molecule has 2 aromatic carbocycles. The van der Waals surface area contributed by atoms with Crippen LogP contribution in [0.5, 0.6) is 0 Å². The van der Waals surface area contributed by atoms with Crippen molar-refractivity contribution in [2.45, 2.75) is 84.4 Å². The summed E-state index contributed by atoms with van der Waals surface area (Å²) in [6, 6.07) is 21.8. The lowest BCUT2D eigenvalue weighted by atomic mass is 9.79. The average molecular weight is 505 g/mol. The van der Waals surface area contributed by atoms with Gasteiger partial charge in [-0.05, 0) is 60.9 Å². The highest BCUT2D eigenvalue weighted by Crippen LogP contribution is 2.58. The molecule has 36 heavy (non-hydrogen) atoms. The lowest BCUT2D eigenvalue weighted by Gasteiger charge is -2.43. The first-order valence-electron chi connectivity index (χ1n) is 13.6. The van der Waals surface area contributed by atoms with Crippen molar-refractivity contribution in [1.82, 2.24) is 0 Å². The predicted molar refractivity (Wildman–Crippen MR) is 154 cm³/mol. The molecule has 1 heterocycles. The standard InChI is InChI=1S/C31H45BO3Si/c1-23(20-21-27-24(2)28(27)32-34-30(6,7)31(8,9)35-32)22-33-36(29(3,4)5,25-16-12-10-13-17-25)26-18-14-11-15-19-26/h10-21,23-24,27-28H,22H2,1-9H3/t23-,24-,27+,28+/m1/s1. The molecular formula is C31H45BO3Si. The van der Waals surface area contributed by atoms with Gasteiger partial charge in [0.2, 0.25) is 0 Å². The molecule has 0 bridgehead atoms. The van der Waals surface area contributed by atoms with Crippen molar-refractivity contribution in [3.8, 4) is 0 Å². The zero-order valence-corrected chi connectivity index (χ0v) is 24.7. The van der Waals surface area contributed by atoms with Crippen molar-refractivity contribution in [2.24, 2.45) is 17.8 Å². The van der Waals surface area contributed by atoms with E-state index in [2.05, 4.69) is 135 Å². The molecule has 5 heteroatoms. The highest BCUT2D eigenvalue weighted by Gasteiger charge is 2.62.